The van der Waals surface area contributed by atoms with Gasteiger partial charge >= 0.3 is 0 Å². The van der Waals surface area contributed by atoms with E-state index in [0.29, 0.717) is 28.0 Å². The van der Waals surface area contributed by atoms with E-state index in [1.807, 2.05) is 54.6 Å². The van der Waals surface area contributed by atoms with Crippen LogP contribution in [0.25, 0.3) is 0 Å². The zero-order valence-corrected chi connectivity index (χ0v) is 19.2. The van der Waals surface area contributed by atoms with Crippen LogP contribution in [0.1, 0.15) is 47.8 Å². The minimum absolute atomic E-state index is 0.0457. The lowest BCUT2D eigenvalue weighted by atomic mass is 9.87. The largest absolute Gasteiger partial charge is 0.489 e. The van der Waals surface area contributed by atoms with E-state index in [1.54, 1.807) is 18.3 Å². The lowest BCUT2D eigenvalue weighted by Crippen LogP contribution is -2.18. The molecule has 0 aliphatic rings. The van der Waals surface area contributed by atoms with Gasteiger partial charge in [0.05, 0.1) is 6.21 Å². The molecule has 1 N–H and O–H groups in total. The lowest BCUT2D eigenvalue weighted by molar-refractivity contribution is 0.0955. The Morgan fingerprint density at radius 3 is 2.29 bits per heavy atom. The molecule has 3 rings (SSSR count). The maximum Gasteiger partial charge on any atom is 0.271 e. The third-order valence-corrected chi connectivity index (χ3v) is 5.27. The average molecular weight is 455 g/mol. The Hall–Kier alpha value is -2.82. The summed E-state index contributed by atoms with van der Waals surface area (Å²) >= 11 is 12.1. The highest BCUT2D eigenvalue weighted by Gasteiger charge is 2.14. The molecule has 0 aromatic heterocycles. The minimum atomic E-state index is -0.253. The maximum atomic E-state index is 12.3. The van der Waals surface area contributed by atoms with Gasteiger partial charge in [-0.3, -0.25) is 4.79 Å². The van der Waals surface area contributed by atoms with Gasteiger partial charge < -0.3 is 4.74 Å². The molecule has 0 bridgehead atoms. The Morgan fingerprint density at radius 1 is 1.00 bits per heavy atom. The van der Waals surface area contributed by atoms with Gasteiger partial charge in [-0.1, -0.05) is 62.2 Å². The number of carbonyl (C=O) groups is 1. The topological polar surface area (TPSA) is 50.7 Å². The Bertz CT molecular complexity index is 1070. The zero-order valence-electron chi connectivity index (χ0n) is 17.7. The van der Waals surface area contributed by atoms with Crippen LogP contribution in [-0.4, -0.2) is 12.1 Å². The number of amides is 1. The third kappa shape index (κ3) is 6.58. The standard InChI is InChI=1S/C25H24Cl2N2O2/c1-25(2,3)20-9-6-18(7-10-20)24(30)29-28-15-17-4-12-22(13-5-17)31-16-19-8-11-21(26)14-23(19)27/h4-15H,16H2,1-3H3,(H,29,30)/b28-15-. The van der Waals surface area contributed by atoms with Crippen molar-refractivity contribution < 1.29 is 9.53 Å². The van der Waals surface area contributed by atoms with Crippen molar-refractivity contribution in [3.8, 4) is 5.75 Å². The minimum Gasteiger partial charge on any atom is -0.489 e. The quantitative estimate of drug-likeness (QED) is 0.335. The van der Waals surface area contributed by atoms with Crippen LogP contribution in [0.5, 0.6) is 5.75 Å². The van der Waals surface area contributed by atoms with Gasteiger partial charge in [-0.05, 0) is 65.1 Å². The fraction of sp³-hybridized carbons (Fsp3) is 0.200. The Labute approximate surface area is 192 Å². The molecule has 31 heavy (non-hydrogen) atoms. The van der Waals surface area contributed by atoms with Gasteiger partial charge in [-0.2, -0.15) is 5.10 Å². The molecular weight excluding hydrogens is 431 g/mol. The summed E-state index contributed by atoms with van der Waals surface area (Å²) in [4.78, 5) is 12.3. The fourth-order valence-electron chi connectivity index (χ4n) is 2.80. The number of hydrogen-bond donors (Lipinski definition) is 1. The second kappa shape index (κ2) is 9.99. The van der Waals surface area contributed by atoms with Gasteiger partial charge in [-0.25, -0.2) is 5.43 Å². The van der Waals surface area contributed by atoms with E-state index in [2.05, 4.69) is 31.3 Å². The van der Waals surface area contributed by atoms with Crippen LogP contribution in [0.15, 0.2) is 71.8 Å². The van der Waals surface area contributed by atoms with Crippen molar-refractivity contribution in [2.45, 2.75) is 32.8 Å². The van der Waals surface area contributed by atoms with Crippen LogP contribution < -0.4 is 10.2 Å². The highest BCUT2D eigenvalue weighted by atomic mass is 35.5. The summed E-state index contributed by atoms with van der Waals surface area (Å²) < 4.78 is 5.76. The van der Waals surface area contributed by atoms with Crippen molar-refractivity contribution in [3.63, 3.8) is 0 Å². The van der Waals surface area contributed by atoms with E-state index in [0.717, 1.165) is 11.1 Å². The molecule has 0 saturated heterocycles. The molecular formula is C25H24Cl2N2O2. The number of ether oxygens (including phenoxy) is 1. The number of hydrogen-bond acceptors (Lipinski definition) is 3. The SMILES string of the molecule is CC(C)(C)c1ccc(C(=O)N/N=C\c2ccc(OCc3ccc(Cl)cc3Cl)cc2)cc1. The van der Waals surface area contributed by atoms with Gasteiger partial charge in [0.2, 0.25) is 0 Å². The Morgan fingerprint density at radius 2 is 1.68 bits per heavy atom. The first kappa shape index (κ1) is 22.9. The molecule has 3 aromatic carbocycles. The molecule has 1 amide bonds. The highest BCUT2D eigenvalue weighted by molar-refractivity contribution is 6.35. The summed E-state index contributed by atoms with van der Waals surface area (Å²) in [6.45, 7) is 6.74. The normalized spacial score (nSPS) is 11.5. The summed E-state index contributed by atoms with van der Waals surface area (Å²) in [6, 6.07) is 20.2. The molecule has 0 aliphatic heterocycles. The van der Waals surface area contributed by atoms with E-state index in [4.69, 9.17) is 27.9 Å². The van der Waals surface area contributed by atoms with Crippen LogP contribution in [-0.2, 0) is 12.0 Å². The second-order valence-electron chi connectivity index (χ2n) is 8.12. The van der Waals surface area contributed by atoms with Crippen molar-refractivity contribution >= 4 is 35.3 Å². The van der Waals surface area contributed by atoms with Gasteiger partial charge in [0.15, 0.2) is 0 Å². The average Bonchev–Trinajstić information content (AvgIpc) is 2.73. The van der Waals surface area contributed by atoms with E-state index < -0.39 is 0 Å². The van der Waals surface area contributed by atoms with E-state index in [9.17, 15) is 4.79 Å². The molecule has 0 heterocycles. The highest BCUT2D eigenvalue weighted by Crippen LogP contribution is 2.23. The summed E-state index contributed by atoms with van der Waals surface area (Å²) in [6.07, 6.45) is 1.58. The summed E-state index contributed by atoms with van der Waals surface area (Å²) in [5.41, 5.74) is 6.03. The first-order chi connectivity index (χ1) is 14.7. The van der Waals surface area contributed by atoms with Crippen LogP contribution in [0.2, 0.25) is 10.0 Å². The van der Waals surface area contributed by atoms with Crippen LogP contribution in [0.3, 0.4) is 0 Å². The van der Waals surface area contributed by atoms with Gasteiger partial charge in [-0.15, -0.1) is 0 Å². The van der Waals surface area contributed by atoms with Gasteiger partial charge in [0.25, 0.3) is 5.91 Å². The van der Waals surface area contributed by atoms with Crippen LogP contribution in [0, 0.1) is 0 Å². The molecule has 0 radical (unpaired) electrons. The number of benzene rings is 3. The maximum absolute atomic E-state index is 12.3. The number of hydrazone groups is 1. The predicted octanol–water partition coefficient (Wildman–Crippen LogP) is 6.63. The molecule has 0 atom stereocenters. The molecule has 6 heteroatoms. The lowest BCUT2D eigenvalue weighted by Gasteiger charge is -2.18. The monoisotopic (exact) mass is 454 g/mol. The molecule has 0 spiro atoms. The molecule has 0 aliphatic carbocycles. The van der Waals surface area contributed by atoms with E-state index >= 15 is 0 Å². The number of rotatable bonds is 6. The van der Waals surface area contributed by atoms with E-state index in [1.165, 1.54) is 5.56 Å². The summed E-state index contributed by atoms with van der Waals surface area (Å²) in [5.74, 6) is 0.447. The summed E-state index contributed by atoms with van der Waals surface area (Å²) in [5, 5.41) is 5.20. The Balaban J connectivity index is 1.52. The van der Waals surface area contributed by atoms with Crippen molar-refractivity contribution in [1.82, 2.24) is 5.43 Å². The third-order valence-electron chi connectivity index (χ3n) is 4.68. The Kier molecular flexibility index (Phi) is 7.37. The van der Waals surface area contributed by atoms with Crippen molar-refractivity contribution in [2.24, 2.45) is 5.10 Å². The van der Waals surface area contributed by atoms with Crippen LogP contribution >= 0.6 is 23.2 Å². The first-order valence-electron chi connectivity index (χ1n) is 9.83. The second-order valence-corrected chi connectivity index (χ2v) is 8.96. The number of carbonyl (C=O) groups excluding carboxylic acids is 1. The van der Waals surface area contributed by atoms with Crippen molar-refractivity contribution in [1.29, 1.82) is 0 Å². The summed E-state index contributed by atoms with van der Waals surface area (Å²) in [7, 11) is 0. The molecule has 4 nitrogen and oxygen atoms in total. The predicted molar refractivity (Wildman–Crippen MR) is 127 cm³/mol. The van der Waals surface area contributed by atoms with Gasteiger partial charge in [0.1, 0.15) is 12.4 Å². The van der Waals surface area contributed by atoms with Crippen molar-refractivity contribution in [3.05, 3.63) is 99.0 Å². The first-order valence-corrected chi connectivity index (χ1v) is 10.6. The molecule has 0 unspecified atom stereocenters. The molecule has 160 valence electrons. The van der Waals surface area contributed by atoms with Gasteiger partial charge in [0, 0.05) is 21.2 Å². The van der Waals surface area contributed by atoms with E-state index in [-0.39, 0.29) is 11.3 Å². The zero-order chi connectivity index (χ0) is 22.4. The number of nitrogens with zero attached hydrogens (tertiary/aromatic N) is 1. The molecule has 3 aromatic rings. The number of halogens is 2. The molecule has 0 fully saturated rings. The fourth-order valence-corrected chi connectivity index (χ4v) is 3.26. The van der Waals surface area contributed by atoms with Crippen LogP contribution in [0.4, 0.5) is 0 Å². The van der Waals surface area contributed by atoms with Crippen molar-refractivity contribution in [2.75, 3.05) is 0 Å². The molecule has 0 saturated carbocycles. The number of nitrogens with one attached hydrogen (secondary N) is 1. The smallest absolute Gasteiger partial charge is 0.271 e.